The van der Waals surface area contributed by atoms with Crippen LogP contribution in [0, 0.1) is 0 Å². The standard InChI is InChI=1S/C14H18O4/c1-7-9(3-5-11-13(7)18-11)14(15)16-8-2-4-10-12(6-8)17-10/h8,10-13H,2-6H2,1H3. The quantitative estimate of drug-likeness (QED) is 0.553. The van der Waals surface area contributed by atoms with Crippen molar-refractivity contribution in [1.29, 1.82) is 0 Å². The number of hydrogen-bond donors (Lipinski definition) is 0. The van der Waals surface area contributed by atoms with E-state index in [0.29, 0.717) is 18.3 Å². The highest BCUT2D eigenvalue weighted by Gasteiger charge is 2.47. The van der Waals surface area contributed by atoms with Crippen molar-refractivity contribution in [3.8, 4) is 0 Å². The number of carbonyl (C=O) groups is 1. The van der Waals surface area contributed by atoms with Gasteiger partial charge in [-0.25, -0.2) is 4.79 Å². The van der Waals surface area contributed by atoms with Gasteiger partial charge in [0.05, 0.1) is 18.3 Å². The lowest BCUT2D eigenvalue weighted by Gasteiger charge is -2.21. The summed E-state index contributed by atoms with van der Waals surface area (Å²) in [5, 5.41) is 0. The molecule has 5 atom stereocenters. The predicted molar refractivity (Wildman–Crippen MR) is 63.0 cm³/mol. The van der Waals surface area contributed by atoms with Gasteiger partial charge in [0.2, 0.25) is 0 Å². The Balaban J connectivity index is 1.42. The summed E-state index contributed by atoms with van der Waals surface area (Å²) in [6, 6.07) is 0. The molecule has 0 aromatic carbocycles. The van der Waals surface area contributed by atoms with Gasteiger partial charge in [0.15, 0.2) is 0 Å². The predicted octanol–water partition coefficient (Wildman–Crippen LogP) is 1.73. The van der Waals surface area contributed by atoms with E-state index in [0.717, 1.165) is 43.3 Å². The van der Waals surface area contributed by atoms with Crippen LogP contribution in [0.5, 0.6) is 0 Å². The number of fused-ring (bicyclic) bond motifs is 2. The Morgan fingerprint density at radius 1 is 1.17 bits per heavy atom. The molecule has 4 aliphatic rings. The minimum atomic E-state index is -0.120. The summed E-state index contributed by atoms with van der Waals surface area (Å²) < 4.78 is 16.6. The molecule has 0 aromatic rings. The molecule has 98 valence electrons. The lowest BCUT2D eigenvalue weighted by molar-refractivity contribution is -0.145. The summed E-state index contributed by atoms with van der Waals surface area (Å²) in [5.74, 6) is -0.120. The van der Waals surface area contributed by atoms with E-state index >= 15 is 0 Å². The van der Waals surface area contributed by atoms with Gasteiger partial charge in [-0.15, -0.1) is 0 Å². The summed E-state index contributed by atoms with van der Waals surface area (Å²) in [7, 11) is 0. The summed E-state index contributed by atoms with van der Waals surface area (Å²) in [4.78, 5) is 12.2. The molecular weight excluding hydrogens is 232 g/mol. The molecule has 2 saturated heterocycles. The Labute approximate surface area is 106 Å². The Kier molecular flexibility index (Phi) is 2.33. The van der Waals surface area contributed by atoms with Crippen molar-refractivity contribution in [2.24, 2.45) is 0 Å². The molecule has 0 bridgehead atoms. The van der Waals surface area contributed by atoms with Gasteiger partial charge in [-0.05, 0) is 38.2 Å². The van der Waals surface area contributed by atoms with Crippen molar-refractivity contribution in [3.63, 3.8) is 0 Å². The molecule has 5 unspecified atom stereocenters. The van der Waals surface area contributed by atoms with Crippen LogP contribution in [0.3, 0.4) is 0 Å². The molecule has 4 heteroatoms. The molecule has 0 N–H and O–H groups in total. The van der Waals surface area contributed by atoms with E-state index in [1.54, 1.807) is 0 Å². The molecule has 0 spiro atoms. The largest absolute Gasteiger partial charge is 0.459 e. The third-order valence-electron chi connectivity index (χ3n) is 4.64. The van der Waals surface area contributed by atoms with Crippen LogP contribution in [-0.4, -0.2) is 36.5 Å². The highest BCUT2D eigenvalue weighted by molar-refractivity contribution is 5.90. The van der Waals surface area contributed by atoms with Gasteiger partial charge in [-0.2, -0.15) is 0 Å². The lowest BCUT2D eigenvalue weighted by atomic mass is 9.92. The zero-order chi connectivity index (χ0) is 12.3. The molecule has 2 heterocycles. The molecule has 2 aliphatic heterocycles. The first-order chi connectivity index (χ1) is 8.72. The second kappa shape index (κ2) is 3.81. The number of hydrogen-bond acceptors (Lipinski definition) is 4. The summed E-state index contributed by atoms with van der Waals surface area (Å²) >= 11 is 0. The number of esters is 1. The molecule has 0 amide bonds. The third-order valence-corrected chi connectivity index (χ3v) is 4.64. The average Bonchev–Trinajstić information content (AvgIpc) is 3.23. The van der Waals surface area contributed by atoms with E-state index in [4.69, 9.17) is 14.2 Å². The Morgan fingerprint density at radius 2 is 2.06 bits per heavy atom. The van der Waals surface area contributed by atoms with Crippen molar-refractivity contribution in [2.75, 3.05) is 0 Å². The van der Waals surface area contributed by atoms with Crippen LogP contribution >= 0.6 is 0 Å². The van der Waals surface area contributed by atoms with Crippen molar-refractivity contribution in [3.05, 3.63) is 11.1 Å². The molecule has 1 saturated carbocycles. The lowest BCUT2D eigenvalue weighted by Crippen LogP contribution is -2.26. The molecule has 0 aromatic heterocycles. The van der Waals surface area contributed by atoms with E-state index in [1.165, 1.54) is 0 Å². The maximum Gasteiger partial charge on any atom is 0.334 e. The first kappa shape index (κ1) is 11.0. The number of ether oxygens (including phenoxy) is 3. The summed E-state index contributed by atoms with van der Waals surface area (Å²) in [6.07, 6.45) is 6.07. The van der Waals surface area contributed by atoms with Gasteiger partial charge < -0.3 is 14.2 Å². The first-order valence-corrected chi connectivity index (χ1v) is 6.94. The average molecular weight is 250 g/mol. The van der Waals surface area contributed by atoms with Crippen LogP contribution in [0.4, 0.5) is 0 Å². The van der Waals surface area contributed by atoms with E-state index in [2.05, 4.69) is 0 Å². The van der Waals surface area contributed by atoms with Crippen LogP contribution in [0.25, 0.3) is 0 Å². The van der Waals surface area contributed by atoms with Crippen LogP contribution in [-0.2, 0) is 19.0 Å². The van der Waals surface area contributed by atoms with Gasteiger partial charge in [0, 0.05) is 12.0 Å². The molecule has 4 rings (SSSR count). The smallest absolute Gasteiger partial charge is 0.334 e. The van der Waals surface area contributed by atoms with Crippen molar-refractivity contribution in [2.45, 2.75) is 69.5 Å². The van der Waals surface area contributed by atoms with Crippen molar-refractivity contribution in [1.82, 2.24) is 0 Å². The molecular formula is C14H18O4. The topological polar surface area (TPSA) is 51.4 Å². The maximum absolute atomic E-state index is 12.2. The third kappa shape index (κ3) is 1.79. The molecule has 2 aliphatic carbocycles. The van der Waals surface area contributed by atoms with E-state index in [1.807, 2.05) is 6.92 Å². The maximum atomic E-state index is 12.2. The molecule has 0 radical (unpaired) electrons. The Hall–Kier alpha value is -0.870. The fourth-order valence-electron chi connectivity index (χ4n) is 3.36. The highest BCUT2D eigenvalue weighted by atomic mass is 16.6. The molecule has 3 fully saturated rings. The van der Waals surface area contributed by atoms with Crippen LogP contribution in [0.15, 0.2) is 11.1 Å². The Morgan fingerprint density at radius 3 is 2.89 bits per heavy atom. The molecule has 4 nitrogen and oxygen atoms in total. The Bertz CT molecular complexity index is 428. The van der Waals surface area contributed by atoms with E-state index < -0.39 is 0 Å². The van der Waals surface area contributed by atoms with Gasteiger partial charge in [-0.3, -0.25) is 0 Å². The minimum Gasteiger partial charge on any atom is -0.459 e. The summed E-state index contributed by atoms with van der Waals surface area (Å²) in [6.45, 7) is 2.00. The van der Waals surface area contributed by atoms with Crippen LogP contribution in [0.1, 0.15) is 39.0 Å². The van der Waals surface area contributed by atoms with Gasteiger partial charge in [-0.1, -0.05) is 0 Å². The zero-order valence-electron chi connectivity index (χ0n) is 10.6. The highest BCUT2D eigenvalue weighted by Crippen LogP contribution is 2.41. The van der Waals surface area contributed by atoms with Gasteiger partial charge in [0.25, 0.3) is 0 Å². The fraction of sp³-hybridized carbons (Fsp3) is 0.786. The SMILES string of the molecule is CC1=C(C(=O)OC2CCC3OC3C2)CCC2OC12. The van der Waals surface area contributed by atoms with Gasteiger partial charge in [0.1, 0.15) is 12.2 Å². The number of rotatable bonds is 2. The molecule has 18 heavy (non-hydrogen) atoms. The number of epoxide rings is 2. The first-order valence-electron chi connectivity index (χ1n) is 6.94. The van der Waals surface area contributed by atoms with Crippen molar-refractivity contribution < 1.29 is 19.0 Å². The monoisotopic (exact) mass is 250 g/mol. The fourth-order valence-corrected chi connectivity index (χ4v) is 3.36. The van der Waals surface area contributed by atoms with Crippen molar-refractivity contribution >= 4 is 5.97 Å². The van der Waals surface area contributed by atoms with Crippen LogP contribution < -0.4 is 0 Å². The van der Waals surface area contributed by atoms with E-state index in [9.17, 15) is 4.79 Å². The second-order valence-electron chi connectivity index (χ2n) is 5.85. The zero-order valence-corrected chi connectivity index (χ0v) is 10.6. The normalized spacial score (nSPS) is 45.1. The van der Waals surface area contributed by atoms with E-state index in [-0.39, 0.29) is 18.2 Å². The van der Waals surface area contributed by atoms with Gasteiger partial charge >= 0.3 is 5.97 Å². The minimum absolute atomic E-state index is 0.0550. The van der Waals surface area contributed by atoms with Crippen LogP contribution in [0.2, 0.25) is 0 Å². The second-order valence-corrected chi connectivity index (χ2v) is 5.85. The number of carbonyl (C=O) groups excluding carboxylic acids is 1. The summed E-state index contributed by atoms with van der Waals surface area (Å²) in [5.41, 5.74) is 1.94.